The van der Waals surface area contributed by atoms with Gasteiger partial charge < -0.3 is 0 Å². The summed E-state index contributed by atoms with van der Waals surface area (Å²) in [5.41, 5.74) is 0.646. The van der Waals surface area contributed by atoms with E-state index in [4.69, 9.17) is 0 Å². The predicted octanol–water partition coefficient (Wildman–Crippen LogP) is 4.23. The third kappa shape index (κ3) is 1.78. The number of fused-ring (bicyclic) bond motifs is 1. The molecule has 3 atom stereocenters. The van der Waals surface area contributed by atoms with Gasteiger partial charge in [0, 0.05) is 5.41 Å². The molecule has 0 heterocycles. The molecule has 1 heteroatoms. The molecule has 2 aliphatic rings. The highest BCUT2D eigenvalue weighted by atomic mass is 16.1. The fourth-order valence-electron chi connectivity index (χ4n) is 3.40. The van der Waals surface area contributed by atoms with Gasteiger partial charge in [-0.1, -0.05) is 32.9 Å². The van der Waals surface area contributed by atoms with E-state index >= 15 is 0 Å². The first kappa shape index (κ1) is 12.9. The Kier molecular flexibility index (Phi) is 2.62. The van der Waals surface area contributed by atoms with Gasteiger partial charge in [-0.2, -0.15) is 0 Å². The molecule has 0 aliphatic heterocycles. The van der Waals surface area contributed by atoms with E-state index in [0.29, 0.717) is 16.7 Å². The second-order valence-electron chi connectivity index (χ2n) is 7.52. The average Bonchev–Trinajstić information content (AvgIpc) is 2.80. The van der Waals surface area contributed by atoms with Gasteiger partial charge in [0.15, 0.2) is 0 Å². The number of carbonyl (C=O) groups excluding carboxylic acids is 1. The van der Waals surface area contributed by atoms with Crippen LogP contribution in [0.1, 0.15) is 54.4 Å². The van der Waals surface area contributed by atoms with Crippen LogP contribution in [0, 0.1) is 28.1 Å². The molecule has 2 rings (SSSR count). The van der Waals surface area contributed by atoms with Crippen molar-refractivity contribution in [3.63, 3.8) is 0 Å². The van der Waals surface area contributed by atoms with Crippen LogP contribution < -0.4 is 0 Å². The van der Waals surface area contributed by atoms with Crippen molar-refractivity contribution >= 4 is 5.78 Å². The fourth-order valence-corrected chi connectivity index (χ4v) is 3.40. The van der Waals surface area contributed by atoms with Gasteiger partial charge in [-0.3, -0.25) is 4.79 Å². The van der Waals surface area contributed by atoms with Crippen molar-refractivity contribution < 1.29 is 4.79 Å². The SMILES string of the molecule is CC(=O)C(C)(C)/C=C/C1CC2CC2(C)C1(C)C. The number of hydrogen-bond acceptors (Lipinski definition) is 1. The second kappa shape index (κ2) is 3.46. The van der Waals surface area contributed by atoms with E-state index in [-0.39, 0.29) is 11.2 Å². The number of ketones is 1. The molecule has 2 fully saturated rings. The lowest BCUT2D eigenvalue weighted by molar-refractivity contribution is -0.122. The van der Waals surface area contributed by atoms with Crippen LogP contribution in [0.25, 0.3) is 0 Å². The summed E-state index contributed by atoms with van der Waals surface area (Å²) < 4.78 is 0. The van der Waals surface area contributed by atoms with Crippen molar-refractivity contribution in [2.75, 3.05) is 0 Å². The Morgan fingerprint density at radius 1 is 1.29 bits per heavy atom. The number of carbonyl (C=O) groups is 1. The summed E-state index contributed by atoms with van der Waals surface area (Å²) in [4.78, 5) is 11.5. The summed E-state index contributed by atoms with van der Waals surface area (Å²) in [6.45, 7) is 12.9. The molecule has 0 aromatic rings. The van der Waals surface area contributed by atoms with Gasteiger partial charge in [-0.15, -0.1) is 0 Å². The van der Waals surface area contributed by atoms with Gasteiger partial charge in [0.25, 0.3) is 0 Å². The smallest absolute Gasteiger partial charge is 0.139 e. The van der Waals surface area contributed by atoms with E-state index in [1.54, 1.807) is 6.92 Å². The maximum absolute atomic E-state index is 11.5. The minimum atomic E-state index is -0.302. The van der Waals surface area contributed by atoms with E-state index in [1.807, 2.05) is 13.8 Å². The van der Waals surface area contributed by atoms with Crippen molar-refractivity contribution in [2.45, 2.75) is 54.4 Å². The molecule has 2 aliphatic carbocycles. The lowest BCUT2D eigenvalue weighted by atomic mass is 9.70. The Hall–Kier alpha value is -0.590. The van der Waals surface area contributed by atoms with Crippen LogP contribution in [0.4, 0.5) is 0 Å². The van der Waals surface area contributed by atoms with Crippen LogP contribution in [-0.4, -0.2) is 5.78 Å². The summed E-state index contributed by atoms with van der Waals surface area (Å²) >= 11 is 0. The number of rotatable bonds is 3. The molecule has 0 aromatic carbocycles. The highest BCUT2D eigenvalue weighted by molar-refractivity contribution is 5.83. The standard InChI is InChI=1S/C16H26O/c1-11(17)14(2,3)8-7-12-9-13-10-16(13,6)15(12,4)5/h7-8,12-13H,9-10H2,1-6H3/b8-7+. The number of Topliss-reactive ketones (excluding diaryl/α,β-unsaturated/α-hetero) is 1. The van der Waals surface area contributed by atoms with Gasteiger partial charge in [-0.05, 0) is 56.3 Å². The minimum Gasteiger partial charge on any atom is -0.299 e. The van der Waals surface area contributed by atoms with E-state index in [1.165, 1.54) is 12.8 Å². The van der Waals surface area contributed by atoms with Crippen LogP contribution in [0.15, 0.2) is 12.2 Å². The molecule has 0 aromatic heterocycles. The zero-order valence-corrected chi connectivity index (χ0v) is 12.1. The summed E-state index contributed by atoms with van der Waals surface area (Å²) in [5, 5.41) is 0. The molecule has 96 valence electrons. The topological polar surface area (TPSA) is 17.1 Å². The largest absolute Gasteiger partial charge is 0.299 e. The van der Waals surface area contributed by atoms with Crippen LogP contribution in [0.2, 0.25) is 0 Å². The van der Waals surface area contributed by atoms with E-state index < -0.39 is 0 Å². The summed E-state index contributed by atoms with van der Waals surface area (Å²) in [6.07, 6.45) is 7.17. The Labute approximate surface area is 106 Å². The molecular formula is C16H26O. The first-order chi connectivity index (χ1) is 7.61. The highest BCUT2D eigenvalue weighted by Gasteiger charge is 2.66. The summed E-state index contributed by atoms with van der Waals surface area (Å²) in [6, 6.07) is 0. The van der Waals surface area contributed by atoms with Gasteiger partial charge in [0.1, 0.15) is 5.78 Å². The van der Waals surface area contributed by atoms with Crippen LogP contribution >= 0.6 is 0 Å². The monoisotopic (exact) mass is 234 g/mol. The first-order valence-electron chi connectivity index (χ1n) is 6.82. The van der Waals surface area contributed by atoms with E-state index in [9.17, 15) is 4.79 Å². The van der Waals surface area contributed by atoms with Crippen molar-refractivity contribution in [3.05, 3.63) is 12.2 Å². The molecule has 0 spiro atoms. The Balaban J connectivity index is 2.12. The predicted molar refractivity (Wildman–Crippen MR) is 71.7 cm³/mol. The third-order valence-corrected chi connectivity index (χ3v) is 6.00. The van der Waals surface area contributed by atoms with Gasteiger partial charge in [0.2, 0.25) is 0 Å². The molecule has 1 nitrogen and oxygen atoms in total. The number of hydrogen-bond donors (Lipinski definition) is 0. The quantitative estimate of drug-likeness (QED) is 0.668. The Morgan fingerprint density at radius 3 is 2.29 bits per heavy atom. The normalized spacial score (nSPS) is 39.4. The lowest BCUT2D eigenvalue weighted by Crippen LogP contribution is -2.27. The summed E-state index contributed by atoms with van der Waals surface area (Å²) in [5.74, 6) is 1.82. The van der Waals surface area contributed by atoms with Crippen LogP contribution in [-0.2, 0) is 4.79 Å². The van der Waals surface area contributed by atoms with Gasteiger partial charge in [-0.25, -0.2) is 0 Å². The Morgan fingerprint density at radius 2 is 1.88 bits per heavy atom. The van der Waals surface area contributed by atoms with Gasteiger partial charge in [0.05, 0.1) is 0 Å². The fraction of sp³-hybridized carbons (Fsp3) is 0.812. The van der Waals surface area contributed by atoms with Crippen molar-refractivity contribution in [1.82, 2.24) is 0 Å². The maximum atomic E-state index is 11.5. The van der Waals surface area contributed by atoms with Crippen molar-refractivity contribution in [2.24, 2.45) is 28.1 Å². The molecule has 0 radical (unpaired) electrons. The maximum Gasteiger partial charge on any atom is 0.139 e. The molecule has 0 saturated heterocycles. The number of allylic oxidation sites excluding steroid dienone is 2. The molecule has 17 heavy (non-hydrogen) atoms. The van der Waals surface area contributed by atoms with Gasteiger partial charge >= 0.3 is 0 Å². The van der Waals surface area contributed by atoms with Crippen LogP contribution in [0.3, 0.4) is 0 Å². The molecule has 0 bridgehead atoms. The van der Waals surface area contributed by atoms with Crippen LogP contribution in [0.5, 0.6) is 0 Å². The average molecular weight is 234 g/mol. The molecule has 2 saturated carbocycles. The zero-order valence-electron chi connectivity index (χ0n) is 12.1. The first-order valence-corrected chi connectivity index (χ1v) is 6.82. The summed E-state index contributed by atoms with van der Waals surface area (Å²) in [7, 11) is 0. The molecule has 0 amide bonds. The van der Waals surface area contributed by atoms with E-state index in [0.717, 1.165) is 5.92 Å². The highest BCUT2D eigenvalue weighted by Crippen LogP contribution is 2.74. The second-order valence-corrected chi connectivity index (χ2v) is 7.52. The van der Waals surface area contributed by atoms with E-state index in [2.05, 4.69) is 32.9 Å². The molecular weight excluding hydrogens is 208 g/mol. The minimum absolute atomic E-state index is 0.251. The van der Waals surface area contributed by atoms with Crippen molar-refractivity contribution in [1.29, 1.82) is 0 Å². The molecule has 3 unspecified atom stereocenters. The van der Waals surface area contributed by atoms with Crippen molar-refractivity contribution in [3.8, 4) is 0 Å². The lowest BCUT2D eigenvalue weighted by Gasteiger charge is -2.34. The Bertz CT molecular complexity index is 375. The zero-order chi connectivity index (χ0) is 13.1. The third-order valence-electron chi connectivity index (χ3n) is 6.00. The molecule has 0 N–H and O–H groups in total.